The van der Waals surface area contributed by atoms with Crippen LogP contribution in [0.5, 0.6) is 0 Å². The molecule has 1 N–H and O–H groups in total. The van der Waals surface area contributed by atoms with Crippen LogP contribution in [-0.4, -0.2) is 48.6 Å². The maximum absolute atomic E-state index is 12.1. The van der Waals surface area contributed by atoms with Crippen molar-refractivity contribution in [2.45, 2.75) is 32.3 Å². The topological polar surface area (TPSA) is 71.8 Å². The number of furan rings is 1. The Balaban J connectivity index is 1.66. The number of nitrogens with one attached hydrogen (secondary N) is 1. The molecule has 6 nitrogen and oxygen atoms in total. The second-order valence-corrected chi connectivity index (χ2v) is 5.76. The summed E-state index contributed by atoms with van der Waals surface area (Å²) in [6.07, 6.45) is 2.50. The van der Waals surface area contributed by atoms with Gasteiger partial charge in [-0.25, -0.2) is 0 Å². The first-order chi connectivity index (χ1) is 9.98. The third-order valence-electron chi connectivity index (χ3n) is 3.38. The zero-order valence-electron chi connectivity index (χ0n) is 12.6. The maximum atomic E-state index is 12.1. The van der Waals surface area contributed by atoms with E-state index in [9.17, 15) is 9.59 Å². The van der Waals surface area contributed by atoms with E-state index in [-0.39, 0.29) is 23.2 Å². The van der Waals surface area contributed by atoms with Crippen molar-refractivity contribution in [2.75, 3.05) is 26.2 Å². The minimum atomic E-state index is -0.276. The normalized spacial score (nSPS) is 17.5. The molecule has 0 bridgehead atoms. The highest BCUT2D eigenvalue weighted by Gasteiger charge is 2.29. The van der Waals surface area contributed by atoms with E-state index in [4.69, 9.17) is 9.15 Å². The van der Waals surface area contributed by atoms with E-state index in [1.54, 1.807) is 12.1 Å². The summed E-state index contributed by atoms with van der Waals surface area (Å²) in [6, 6.07) is 3.27. The molecule has 0 aliphatic carbocycles. The first-order valence-corrected chi connectivity index (χ1v) is 7.21. The molecular formula is C15H22N2O4. The van der Waals surface area contributed by atoms with Crippen LogP contribution in [-0.2, 0) is 9.53 Å². The van der Waals surface area contributed by atoms with Crippen LogP contribution in [0.1, 0.15) is 37.2 Å². The van der Waals surface area contributed by atoms with E-state index in [0.717, 1.165) is 0 Å². The molecule has 0 aromatic carbocycles. The SMILES string of the molecule is CC1(C)CN(C(=O)CCCNC(=O)c2ccco2)CCO1. The van der Waals surface area contributed by atoms with Crippen LogP contribution >= 0.6 is 0 Å². The predicted molar refractivity (Wildman–Crippen MR) is 76.9 cm³/mol. The van der Waals surface area contributed by atoms with E-state index in [1.165, 1.54) is 6.26 Å². The monoisotopic (exact) mass is 294 g/mol. The Morgan fingerprint density at radius 2 is 2.24 bits per heavy atom. The molecule has 6 heteroatoms. The molecule has 1 aliphatic heterocycles. The molecule has 0 radical (unpaired) electrons. The second-order valence-electron chi connectivity index (χ2n) is 5.76. The van der Waals surface area contributed by atoms with Gasteiger partial charge in [0.1, 0.15) is 0 Å². The molecule has 0 atom stereocenters. The summed E-state index contributed by atoms with van der Waals surface area (Å²) in [5.41, 5.74) is -0.276. The van der Waals surface area contributed by atoms with Gasteiger partial charge >= 0.3 is 0 Å². The minimum Gasteiger partial charge on any atom is -0.459 e. The van der Waals surface area contributed by atoms with Gasteiger partial charge in [-0.3, -0.25) is 9.59 Å². The summed E-state index contributed by atoms with van der Waals surface area (Å²) in [5, 5.41) is 2.73. The highest BCUT2D eigenvalue weighted by atomic mass is 16.5. The third kappa shape index (κ3) is 4.60. The summed E-state index contributed by atoms with van der Waals surface area (Å²) >= 11 is 0. The lowest BCUT2D eigenvalue weighted by molar-refractivity contribution is -0.146. The fraction of sp³-hybridized carbons (Fsp3) is 0.600. The molecule has 1 fully saturated rings. The first-order valence-electron chi connectivity index (χ1n) is 7.21. The smallest absolute Gasteiger partial charge is 0.286 e. The van der Waals surface area contributed by atoms with Gasteiger partial charge in [0.25, 0.3) is 5.91 Å². The fourth-order valence-corrected chi connectivity index (χ4v) is 2.32. The van der Waals surface area contributed by atoms with Crippen molar-refractivity contribution in [2.24, 2.45) is 0 Å². The van der Waals surface area contributed by atoms with Gasteiger partial charge in [-0.15, -0.1) is 0 Å². The Kier molecular flexibility index (Phi) is 5.01. The lowest BCUT2D eigenvalue weighted by atomic mass is 10.1. The number of carbonyl (C=O) groups excluding carboxylic acids is 2. The van der Waals surface area contributed by atoms with Crippen molar-refractivity contribution < 1.29 is 18.7 Å². The molecule has 1 aliphatic rings. The Bertz CT molecular complexity index is 482. The number of rotatable bonds is 5. The number of nitrogens with zero attached hydrogens (tertiary/aromatic N) is 1. The molecule has 2 rings (SSSR count). The quantitative estimate of drug-likeness (QED) is 0.834. The zero-order valence-corrected chi connectivity index (χ0v) is 12.6. The van der Waals surface area contributed by atoms with Crippen LogP contribution in [0.3, 0.4) is 0 Å². The van der Waals surface area contributed by atoms with Crippen LogP contribution in [0.2, 0.25) is 0 Å². The molecule has 116 valence electrons. The Hall–Kier alpha value is -1.82. The van der Waals surface area contributed by atoms with Crippen LogP contribution in [0.4, 0.5) is 0 Å². The number of morpholine rings is 1. The number of ether oxygens (including phenoxy) is 1. The van der Waals surface area contributed by atoms with E-state index < -0.39 is 0 Å². The molecular weight excluding hydrogens is 272 g/mol. The van der Waals surface area contributed by atoms with E-state index >= 15 is 0 Å². The molecule has 1 aromatic heterocycles. The molecule has 1 aromatic rings. The Morgan fingerprint density at radius 1 is 1.43 bits per heavy atom. The van der Waals surface area contributed by atoms with E-state index in [2.05, 4.69) is 5.32 Å². The average molecular weight is 294 g/mol. The molecule has 0 spiro atoms. The van der Waals surface area contributed by atoms with Crippen LogP contribution in [0.15, 0.2) is 22.8 Å². The standard InChI is InChI=1S/C15H22N2O4/c1-15(2)11-17(8-10-21-15)13(18)6-3-7-16-14(19)12-5-4-9-20-12/h4-5,9H,3,6-8,10-11H2,1-2H3,(H,16,19). The molecule has 2 amide bonds. The third-order valence-corrected chi connectivity index (χ3v) is 3.38. The Morgan fingerprint density at radius 3 is 2.90 bits per heavy atom. The number of carbonyl (C=O) groups is 2. The van der Waals surface area contributed by atoms with Gasteiger partial charge in [0.2, 0.25) is 5.91 Å². The fourth-order valence-electron chi connectivity index (χ4n) is 2.32. The lowest BCUT2D eigenvalue weighted by Crippen LogP contribution is -2.50. The van der Waals surface area contributed by atoms with Crippen LogP contribution in [0.25, 0.3) is 0 Å². The number of amides is 2. The van der Waals surface area contributed by atoms with Crippen molar-refractivity contribution in [1.82, 2.24) is 10.2 Å². The molecule has 21 heavy (non-hydrogen) atoms. The van der Waals surface area contributed by atoms with Crippen molar-refractivity contribution in [3.05, 3.63) is 24.2 Å². The molecule has 2 heterocycles. The number of hydrogen-bond acceptors (Lipinski definition) is 4. The van der Waals surface area contributed by atoms with Crippen molar-refractivity contribution in [3.63, 3.8) is 0 Å². The maximum Gasteiger partial charge on any atom is 0.286 e. The van der Waals surface area contributed by atoms with Gasteiger partial charge in [-0.1, -0.05) is 0 Å². The lowest BCUT2D eigenvalue weighted by Gasteiger charge is -2.38. The summed E-state index contributed by atoms with van der Waals surface area (Å²) in [4.78, 5) is 25.6. The summed E-state index contributed by atoms with van der Waals surface area (Å²) < 4.78 is 10.6. The largest absolute Gasteiger partial charge is 0.459 e. The summed E-state index contributed by atoms with van der Waals surface area (Å²) in [6.45, 7) is 6.25. The highest BCUT2D eigenvalue weighted by molar-refractivity contribution is 5.91. The van der Waals surface area contributed by atoms with E-state index in [1.807, 2.05) is 18.7 Å². The molecule has 1 saturated heterocycles. The summed E-state index contributed by atoms with van der Waals surface area (Å²) in [5.74, 6) is 0.148. The van der Waals surface area contributed by atoms with Gasteiger partial charge < -0.3 is 19.4 Å². The van der Waals surface area contributed by atoms with Crippen LogP contribution < -0.4 is 5.32 Å². The van der Waals surface area contributed by atoms with Gasteiger partial charge in [0, 0.05) is 26.1 Å². The molecule has 0 saturated carbocycles. The molecule has 0 unspecified atom stereocenters. The predicted octanol–water partition coefficient (Wildman–Crippen LogP) is 1.43. The minimum absolute atomic E-state index is 0.110. The summed E-state index contributed by atoms with van der Waals surface area (Å²) in [7, 11) is 0. The number of hydrogen-bond donors (Lipinski definition) is 1. The average Bonchev–Trinajstić information content (AvgIpc) is 2.96. The Labute approximate surface area is 124 Å². The van der Waals surface area contributed by atoms with Gasteiger partial charge in [-0.05, 0) is 32.4 Å². The van der Waals surface area contributed by atoms with Gasteiger partial charge in [0.05, 0.1) is 18.5 Å². The van der Waals surface area contributed by atoms with Gasteiger partial charge in [0.15, 0.2) is 5.76 Å². The van der Waals surface area contributed by atoms with Gasteiger partial charge in [-0.2, -0.15) is 0 Å². The van der Waals surface area contributed by atoms with Crippen molar-refractivity contribution in [3.8, 4) is 0 Å². The van der Waals surface area contributed by atoms with E-state index in [0.29, 0.717) is 39.1 Å². The second kappa shape index (κ2) is 6.76. The zero-order chi connectivity index (χ0) is 15.3. The first kappa shape index (κ1) is 15.6. The van der Waals surface area contributed by atoms with Crippen molar-refractivity contribution >= 4 is 11.8 Å². The van der Waals surface area contributed by atoms with Crippen molar-refractivity contribution in [1.29, 1.82) is 0 Å². The highest BCUT2D eigenvalue weighted by Crippen LogP contribution is 2.17. The van der Waals surface area contributed by atoms with Crippen LogP contribution in [0, 0.1) is 0 Å².